The number of nitrogens with zero attached hydrogens (tertiary/aromatic N) is 2. The number of ether oxygens (including phenoxy) is 1. The van der Waals surface area contributed by atoms with E-state index in [0.29, 0.717) is 17.9 Å². The molecular formula is C29H34N4O4. The molecule has 5 rings (SSSR count). The molecule has 1 fully saturated rings. The Balaban J connectivity index is 1.14. The molecule has 3 heterocycles. The van der Waals surface area contributed by atoms with Crippen molar-refractivity contribution >= 4 is 22.9 Å². The molecule has 194 valence electrons. The van der Waals surface area contributed by atoms with Crippen LogP contribution in [-0.4, -0.2) is 64.6 Å². The molecule has 0 radical (unpaired) electrons. The zero-order valence-electron chi connectivity index (χ0n) is 21.8. The van der Waals surface area contributed by atoms with Crippen molar-refractivity contribution in [2.75, 3.05) is 20.1 Å². The Morgan fingerprint density at radius 2 is 2.03 bits per heavy atom. The topological polar surface area (TPSA) is 90.8 Å². The minimum absolute atomic E-state index is 0.104. The maximum Gasteiger partial charge on any atom is 0.410 e. The zero-order chi connectivity index (χ0) is 26.2. The summed E-state index contributed by atoms with van der Waals surface area (Å²) in [6.45, 7) is 7.25. The number of aromatic amines is 1. The molecule has 2 aliphatic rings. The van der Waals surface area contributed by atoms with Crippen LogP contribution in [0.15, 0.2) is 70.9 Å². The molecule has 2 unspecified atom stereocenters. The number of carbonyl (C=O) groups is 2. The van der Waals surface area contributed by atoms with Crippen LogP contribution in [0.25, 0.3) is 22.2 Å². The van der Waals surface area contributed by atoms with Gasteiger partial charge in [-0.3, -0.25) is 4.79 Å². The third-order valence-electron chi connectivity index (χ3n) is 6.82. The number of nitrogens with one attached hydrogen (secondary N) is 2. The van der Waals surface area contributed by atoms with Crippen LogP contribution in [0.4, 0.5) is 4.79 Å². The predicted molar refractivity (Wildman–Crippen MR) is 143 cm³/mol. The Bertz CT molecular complexity index is 1360. The van der Waals surface area contributed by atoms with Crippen LogP contribution in [0.3, 0.4) is 0 Å². The second-order valence-electron chi connectivity index (χ2n) is 10.7. The van der Waals surface area contributed by atoms with Crippen LogP contribution in [0.1, 0.15) is 44.2 Å². The fraction of sp³-hybridized carbons (Fsp3) is 0.379. The quantitative estimate of drug-likeness (QED) is 0.493. The van der Waals surface area contributed by atoms with Crippen LogP contribution in [0, 0.1) is 0 Å². The molecule has 2 atom stereocenters. The molecule has 2 aromatic heterocycles. The predicted octanol–water partition coefficient (Wildman–Crippen LogP) is 5.31. The number of likely N-dealkylation sites (N-methyl/N-ethyl adjacent to an activating group) is 1. The van der Waals surface area contributed by atoms with Gasteiger partial charge in [0.05, 0.1) is 12.1 Å². The highest BCUT2D eigenvalue weighted by Gasteiger charge is 2.32. The Labute approximate surface area is 216 Å². The summed E-state index contributed by atoms with van der Waals surface area (Å²) >= 11 is 0. The van der Waals surface area contributed by atoms with Gasteiger partial charge in [0, 0.05) is 48.5 Å². The van der Waals surface area contributed by atoms with E-state index in [2.05, 4.69) is 21.3 Å². The number of H-pyrrole nitrogens is 1. The first-order chi connectivity index (χ1) is 17.7. The van der Waals surface area contributed by atoms with E-state index in [1.807, 2.05) is 69.5 Å². The number of allylic oxidation sites excluding steroid dienone is 1. The Kier molecular flexibility index (Phi) is 6.58. The van der Waals surface area contributed by atoms with E-state index in [9.17, 15) is 9.59 Å². The normalized spacial score (nSPS) is 19.7. The van der Waals surface area contributed by atoms with Gasteiger partial charge in [-0.1, -0.05) is 12.2 Å². The van der Waals surface area contributed by atoms with Gasteiger partial charge in [0.15, 0.2) is 5.76 Å². The van der Waals surface area contributed by atoms with Crippen molar-refractivity contribution in [3.63, 3.8) is 0 Å². The lowest BCUT2D eigenvalue weighted by Gasteiger charge is -2.29. The molecule has 2 amide bonds. The number of hydrogen-bond donors (Lipinski definition) is 2. The molecule has 1 saturated heterocycles. The number of carbonyl (C=O) groups excluding carboxylic acids is 2. The van der Waals surface area contributed by atoms with Crippen molar-refractivity contribution < 1.29 is 18.7 Å². The molecule has 2 N–H and O–H groups in total. The van der Waals surface area contributed by atoms with Crippen LogP contribution < -0.4 is 5.32 Å². The monoisotopic (exact) mass is 502 g/mol. The summed E-state index contributed by atoms with van der Waals surface area (Å²) < 4.78 is 11.4. The maximum absolute atomic E-state index is 12.8. The lowest BCUT2D eigenvalue weighted by Crippen LogP contribution is -2.42. The summed E-state index contributed by atoms with van der Waals surface area (Å²) in [5, 5.41) is 4.14. The second-order valence-corrected chi connectivity index (χ2v) is 10.7. The fourth-order valence-corrected chi connectivity index (χ4v) is 4.79. The van der Waals surface area contributed by atoms with E-state index >= 15 is 0 Å². The van der Waals surface area contributed by atoms with Crippen LogP contribution in [0.5, 0.6) is 0 Å². The minimum Gasteiger partial charge on any atom is -0.451 e. The van der Waals surface area contributed by atoms with E-state index in [1.165, 1.54) is 0 Å². The van der Waals surface area contributed by atoms with Crippen LogP contribution in [0.2, 0.25) is 0 Å². The van der Waals surface area contributed by atoms with E-state index in [1.54, 1.807) is 18.0 Å². The molecule has 8 nitrogen and oxygen atoms in total. The number of furan rings is 1. The van der Waals surface area contributed by atoms with Crippen molar-refractivity contribution in [2.45, 2.75) is 51.3 Å². The summed E-state index contributed by atoms with van der Waals surface area (Å²) in [5.41, 5.74) is 2.60. The highest BCUT2D eigenvalue weighted by atomic mass is 16.6. The number of aromatic nitrogens is 1. The van der Waals surface area contributed by atoms with Gasteiger partial charge in [-0.15, -0.1) is 0 Å². The number of amides is 2. The van der Waals surface area contributed by atoms with Crippen molar-refractivity contribution in [1.29, 1.82) is 0 Å². The Morgan fingerprint density at radius 3 is 2.78 bits per heavy atom. The van der Waals surface area contributed by atoms with Crippen LogP contribution >= 0.6 is 0 Å². The zero-order valence-corrected chi connectivity index (χ0v) is 21.8. The average Bonchev–Trinajstić information content (AvgIpc) is 3.63. The summed E-state index contributed by atoms with van der Waals surface area (Å²) in [5.74, 6) is 0.718. The molecule has 0 spiro atoms. The molecule has 37 heavy (non-hydrogen) atoms. The molecule has 0 bridgehead atoms. The lowest BCUT2D eigenvalue weighted by molar-refractivity contribution is 0.0231. The van der Waals surface area contributed by atoms with Crippen molar-refractivity contribution in [1.82, 2.24) is 20.1 Å². The number of rotatable bonds is 5. The van der Waals surface area contributed by atoms with E-state index in [0.717, 1.165) is 41.7 Å². The highest BCUT2D eigenvalue weighted by molar-refractivity contribution is 5.92. The van der Waals surface area contributed by atoms with E-state index in [-0.39, 0.29) is 24.1 Å². The first-order valence-corrected chi connectivity index (χ1v) is 12.7. The number of hydrogen-bond acceptors (Lipinski definition) is 5. The standard InChI is InChI=1S/C29H34N4O4/c1-29(2,3)37-28(35)32(4)23-14-16-33(18-23)22-8-6-21(7-9-22)31-27(34)26-12-11-25(36-26)20-5-10-24-19(17-20)13-15-30-24/h5-6,8-13,15,17,21,23,30H,7,14,16,18H2,1-4H3,(H,31,34). The van der Waals surface area contributed by atoms with Crippen molar-refractivity contribution in [3.05, 3.63) is 72.3 Å². The van der Waals surface area contributed by atoms with Gasteiger partial charge >= 0.3 is 6.09 Å². The Morgan fingerprint density at radius 1 is 1.19 bits per heavy atom. The maximum atomic E-state index is 12.8. The van der Waals surface area contributed by atoms with Gasteiger partial charge in [-0.2, -0.15) is 0 Å². The molecule has 1 aliphatic heterocycles. The smallest absolute Gasteiger partial charge is 0.410 e. The van der Waals surface area contributed by atoms with Gasteiger partial charge in [-0.25, -0.2) is 4.79 Å². The van der Waals surface area contributed by atoms with Crippen molar-refractivity contribution in [3.8, 4) is 11.3 Å². The van der Waals surface area contributed by atoms with Crippen molar-refractivity contribution in [2.24, 2.45) is 0 Å². The second kappa shape index (κ2) is 9.84. The van der Waals surface area contributed by atoms with Gasteiger partial charge in [0.1, 0.15) is 11.4 Å². The van der Waals surface area contributed by atoms with Gasteiger partial charge < -0.3 is 29.3 Å². The third-order valence-corrected chi connectivity index (χ3v) is 6.82. The SMILES string of the molecule is CN(C(=O)OC(C)(C)C)C1CCN(C2=CCC(NC(=O)c3ccc(-c4ccc5[nH]ccc5c4)o3)C=C2)C1. The molecule has 1 aromatic carbocycles. The number of benzene rings is 1. The molecule has 1 aliphatic carbocycles. The van der Waals surface area contributed by atoms with E-state index < -0.39 is 5.60 Å². The van der Waals surface area contributed by atoms with Gasteiger partial charge in [0.2, 0.25) is 0 Å². The fourth-order valence-electron chi connectivity index (χ4n) is 4.79. The van der Waals surface area contributed by atoms with E-state index in [4.69, 9.17) is 9.15 Å². The average molecular weight is 503 g/mol. The molecular weight excluding hydrogens is 468 g/mol. The lowest BCUT2D eigenvalue weighted by atomic mass is 10.1. The van der Waals surface area contributed by atoms with Gasteiger partial charge in [0.25, 0.3) is 5.91 Å². The Hall–Kier alpha value is -3.94. The molecule has 0 saturated carbocycles. The largest absolute Gasteiger partial charge is 0.451 e. The highest BCUT2D eigenvalue weighted by Crippen LogP contribution is 2.27. The minimum atomic E-state index is -0.508. The van der Waals surface area contributed by atoms with Crippen LogP contribution in [-0.2, 0) is 4.74 Å². The summed E-state index contributed by atoms with van der Waals surface area (Å²) in [6.07, 6.45) is 9.39. The molecule has 3 aromatic rings. The summed E-state index contributed by atoms with van der Waals surface area (Å²) in [4.78, 5) is 32.4. The first-order valence-electron chi connectivity index (χ1n) is 12.7. The first kappa shape index (κ1) is 24.7. The number of fused-ring (bicyclic) bond motifs is 1. The third kappa shape index (κ3) is 5.58. The van der Waals surface area contributed by atoms with Gasteiger partial charge in [-0.05, 0) is 76.1 Å². The summed E-state index contributed by atoms with van der Waals surface area (Å²) in [6, 6.07) is 11.6. The molecule has 8 heteroatoms. The number of likely N-dealkylation sites (tertiary alicyclic amines) is 1. The summed E-state index contributed by atoms with van der Waals surface area (Å²) in [7, 11) is 1.80.